The maximum absolute atomic E-state index is 13.5. The number of ketones is 1. The van der Waals surface area contributed by atoms with Gasteiger partial charge in [-0.2, -0.15) is 0 Å². The van der Waals surface area contributed by atoms with Gasteiger partial charge < -0.3 is 20.1 Å². The Bertz CT molecular complexity index is 1560. The number of allylic oxidation sites excluding steroid dienone is 1. The lowest BCUT2D eigenvalue weighted by atomic mass is 9.73. The molecule has 4 aromatic rings. The van der Waals surface area contributed by atoms with Crippen LogP contribution in [-0.2, 0) is 11.4 Å². The molecule has 0 amide bonds. The average molecular weight is 505 g/mol. The molecule has 5 nitrogen and oxygen atoms in total. The molecule has 1 aliphatic carbocycles. The number of carbonyl (C=O) groups excluding carboxylic acids is 1. The summed E-state index contributed by atoms with van der Waals surface area (Å²) in [5.74, 6) is 1.48. The molecule has 5 heteroatoms. The number of carbonyl (C=O) groups is 1. The molecular weight excluding hydrogens is 472 g/mol. The van der Waals surface area contributed by atoms with Gasteiger partial charge in [-0.25, -0.2) is 0 Å². The number of fused-ring (bicyclic) bond motifs is 2. The lowest BCUT2D eigenvalue weighted by Crippen LogP contribution is -2.31. The number of rotatable bonds is 5. The van der Waals surface area contributed by atoms with Gasteiger partial charge in [0.1, 0.15) is 6.61 Å². The van der Waals surface area contributed by atoms with E-state index in [1.165, 1.54) is 10.8 Å². The van der Waals surface area contributed by atoms with Gasteiger partial charge in [0.05, 0.1) is 24.5 Å². The van der Waals surface area contributed by atoms with Gasteiger partial charge in [-0.15, -0.1) is 0 Å². The van der Waals surface area contributed by atoms with Crippen molar-refractivity contribution < 1.29 is 14.3 Å². The van der Waals surface area contributed by atoms with Crippen LogP contribution in [0.15, 0.2) is 96.2 Å². The molecule has 0 spiro atoms. The van der Waals surface area contributed by atoms with Crippen molar-refractivity contribution in [1.82, 2.24) is 0 Å². The van der Waals surface area contributed by atoms with Gasteiger partial charge in [-0.05, 0) is 58.0 Å². The minimum Gasteiger partial charge on any atom is -0.493 e. The summed E-state index contributed by atoms with van der Waals surface area (Å²) in [5, 5.41) is 9.59. The Balaban J connectivity index is 1.35. The summed E-state index contributed by atoms with van der Waals surface area (Å²) < 4.78 is 12.0. The molecule has 2 N–H and O–H groups in total. The molecule has 192 valence electrons. The third kappa shape index (κ3) is 4.49. The fourth-order valence-corrected chi connectivity index (χ4v) is 5.70. The molecule has 0 radical (unpaired) electrons. The molecule has 0 saturated carbocycles. The second-order valence-corrected chi connectivity index (χ2v) is 10.9. The first kappa shape index (κ1) is 24.1. The van der Waals surface area contributed by atoms with Crippen LogP contribution in [0.5, 0.6) is 11.5 Å². The zero-order valence-electron chi connectivity index (χ0n) is 22.0. The van der Waals surface area contributed by atoms with E-state index < -0.39 is 0 Å². The first-order valence-electron chi connectivity index (χ1n) is 13.1. The lowest BCUT2D eigenvalue weighted by Gasteiger charge is -2.34. The van der Waals surface area contributed by atoms with Crippen LogP contribution < -0.4 is 20.1 Å². The molecule has 2 aliphatic rings. The van der Waals surface area contributed by atoms with Gasteiger partial charge in [0.25, 0.3) is 0 Å². The topological polar surface area (TPSA) is 59.6 Å². The van der Waals surface area contributed by atoms with E-state index in [4.69, 9.17) is 9.47 Å². The Morgan fingerprint density at radius 1 is 0.868 bits per heavy atom. The predicted molar refractivity (Wildman–Crippen MR) is 153 cm³/mol. The molecule has 0 bridgehead atoms. The molecule has 0 aromatic heterocycles. The fourth-order valence-electron chi connectivity index (χ4n) is 5.70. The first-order valence-corrected chi connectivity index (χ1v) is 13.1. The van der Waals surface area contributed by atoms with Crippen molar-refractivity contribution in [2.24, 2.45) is 5.41 Å². The van der Waals surface area contributed by atoms with E-state index in [1.54, 1.807) is 7.11 Å². The van der Waals surface area contributed by atoms with Crippen LogP contribution in [0, 0.1) is 5.41 Å². The Labute approximate surface area is 223 Å². The summed E-state index contributed by atoms with van der Waals surface area (Å²) in [4.78, 5) is 13.5. The van der Waals surface area contributed by atoms with Crippen LogP contribution in [-0.4, -0.2) is 12.9 Å². The van der Waals surface area contributed by atoms with Gasteiger partial charge in [-0.3, -0.25) is 4.79 Å². The average Bonchev–Trinajstić information content (AvgIpc) is 3.07. The highest BCUT2D eigenvalue weighted by molar-refractivity contribution is 6.01. The van der Waals surface area contributed by atoms with Gasteiger partial charge in [0, 0.05) is 17.7 Å². The zero-order chi connectivity index (χ0) is 26.3. The van der Waals surface area contributed by atoms with Crippen molar-refractivity contribution in [2.75, 3.05) is 17.7 Å². The summed E-state index contributed by atoms with van der Waals surface area (Å²) in [5.41, 5.74) is 5.72. The first-order chi connectivity index (χ1) is 18.4. The van der Waals surface area contributed by atoms with Crippen molar-refractivity contribution in [2.45, 2.75) is 39.3 Å². The van der Waals surface area contributed by atoms with Crippen molar-refractivity contribution in [1.29, 1.82) is 0 Å². The molecule has 6 rings (SSSR count). The maximum Gasteiger partial charge on any atom is 0.163 e. The van der Waals surface area contributed by atoms with E-state index in [0.717, 1.165) is 40.2 Å². The minimum atomic E-state index is -0.300. The molecular formula is C33H32N2O3. The van der Waals surface area contributed by atoms with E-state index in [2.05, 4.69) is 54.8 Å². The second-order valence-electron chi connectivity index (χ2n) is 10.9. The quantitative estimate of drug-likeness (QED) is 0.292. The maximum atomic E-state index is 13.5. The molecule has 1 unspecified atom stereocenters. The monoisotopic (exact) mass is 504 g/mol. The molecule has 38 heavy (non-hydrogen) atoms. The van der Waals surface area contributed by atoms with Crippen LogP contribution in [0.2, 0.25) is 0 Å². The Morgan fingerprint density at radius 2 is 1.63 bits per heavy atom. The third-order valence-corrected chi connectivity index (χ3v) is 7.51. The number of nitrogens with one attached hydrogen (secondary N) is 2. The molecule has 0 saturated heterocycles. The van der Waals surface area contributed by atoms with Crippen LogP contribution in [0.1, 0.15) is 43.9 Å². The van der Waals surface area contributed by atoms with E-state index in [-0.39, 0.29) is 17.2 Å². The molecule has 1 heterocycles. The highest BCUT2D eigenvalue weighted by atomic mass is 16.5. The summed E-state index contributed by atoms with van der Waals surface area (Å²) in [6, 6.07) is 28.3. The lowest BCUT2D eigenvalue weighted by molar-refractivity contribution is -0.118. The molecule has 4 aromatic carbocycles. The molecule has 1 aliphatic heterocycles. The Kier molecular flexibility index (Phi) is 6.07. The van der Waals surface area contributed by atoms with Crippen molar-refractivity contribution in [3.8, 4) is 11.5 Å². The smallest absolute Gasteiger partial charge is 0.163 e. The number of Topliss-reactive ketones (excluding diaryl/α,β-unsaturated/α-hetero) is 1. The van der Waals surface area contributed by atoms with Gasteiger partial charge in [-0.1, -0.05) is 74.5 Å². The third-order valence-electron chi connectivity index (χ3n) is 7.51. The van der Waals surface area contributed by atoms with Crippen molar-refractivity contribution in [3.63, 3.8) is 0 Å². The highest BCUT2D eigenvalue weighted by Crippen LogP contribution is 2.46. The Hall–Kier alpha value is -4.25. The zero-order valence-corrected chi connectivity index (χ0v) is 22.0. The number of hydrogen-bond acceptors (Lipinski definition) is 5. The largest absolute Gasteiger partial charge is 0.493 e. The van der Waals surface area contributed by atoms with E-state index >= 15 is 0 Å². The van der Waals surface area contributed by atoms with Crippen molar-refractivity contribution in [3.05, 3.63) is 107 Å². The minimum absolute atomic E-state index is 0.0935. The van der Waals surface area contributed by atoms with Gasteiger partial charge >= 0.3 is 0 Å². The SMILES string of the molecule is COc1cc(C2Nc3ccccc3NC3=C2C(=O)CC(C)(C)C3)ccc1OCc1cccc2ccccc12. The number of benzene rings is 4. The van der Waals surface area contributed by atoms with Crippen LogP contribution in [0.4, 0.5) is 11.4 Å². The number of ether oxygens (including phenoxy) is 2. The van der Waals surface area contributed by atoms with Crippen LogP contribution in [0.3, 0.4) is 0 Å². The van der Waals surface area contributed by atoms with E-state index in [9.17, 15) is 4.79 Å². The van der Waals surface area contributed by atoms with Crippen LogP contribution in [0.25, 0.3) is 10.8 Å². The summed E-state index contributed by atoms with van der Waals surface area (Å²) in [6.07, 6.45) is 1.33. The second kappa shape index (κ2) is 9.56. The molecule has 0 fully saturated rings. The van der Waals surface area contributed by atoms with E-state index in [0.29, 0.717) is 24.5 Å². The predicted octanol–water partition coefficient (Wildman–Crippen LogP) is 7.65. The number of anilines is 2. The van der Waals surface area contributed by atoms with Crippen LogP contribution >= 0.6 is 0 Å². The summed E-state index contributed by atoms with van der Waals surface area (Å²) in [6.45, 7) is 4.74. The van der Waals surface area contributed by atoms with Gasteiger partial charge in [0.2, 0.25) is 0 Å². The highest BCUT2D eigenvalue weighted by Gasteiger charge is 2.38. The normalized spacial score (nSPS) is 18.1. The Morgan fingerprint density at radius 3 is 2.47 bits per heavy atom. The summed E-state index contributed by atoms with van der Waals surface area (Å²) >= 11 is 0. The van der Waals surface area contributed by atoms with Crippen molar-refractivity contribution >= 4 is 27.9 Å². The number of para-hydroxylation sites is 2. The van der Waals surface area contributed by atoms with E-state index in [1.807, 2.05) is 54.6 Å². The van der Waals surface area contributed by atoms with Gasteiger partial charge in [0.15, 0.2) is 17.3 Å². The standard InChI is InChI=1S/C33H32N2O3/c1-33(2)18-27-31(28(36)19-33)32(35-26-14-7-6-13-25(26)34-27)22-15-16-29(30(17-22)37-3)38-20-23-11-8-10-21-9-4-5-12-24(21)23/h4-17,32,34-35H,18-20H2,1-3H3. The molecule has 1 atom stereocenters. The summed E-state index contributed by atoms with van der Waals surface area (Å²) in [7, 11) is 1.65. The fraction of sp³-hybridized carbons (Fsp3) is 0.242. The number of hydrogen-bond donors (Lipinski definition) is 2. The number of methoxy groups -OCH3 is 1.